The first-order valence-corrected chi connectivity index (χ1v) is 7.60. The van der Waals surface area contributed by atoms with E-state index in [-0.39, 0.29) is 5.56 Å². The molecule has 7 heteroatoms. The molecule has 0 aliphatic heterocycles. The van der Waals surface area contributed by atoms with Gasteiger partial charge in [0.25, 0.3) is 5.56 Å². The van der Waals surface area contributed by atoms with Crippen LogP contribution in [0.5, 0.6) is 0 Å². The van der Waals surface area contributed by atoms with Crippen molar-refractivity contribution in [3.8, 4) is 22.5 Å². The number of halogens is 1. The number of nitrogens with zero attached hydrogens (tertiary/aromatic N) is 3. The van der Waals surface area contributed by atoms with Gasteiger partial charge in [0.1, 0.15) is 5.82 Å². The van der Waals surface area contributed by atoms with Gasteiger partial charge in [-0.15, -0.1) is 0 Å². The summed E-state index contributed by atoms with van der Waals surface area (Å²) in [6.45, 7) is 0. The highest BCUT2D eigenvalue weighted by Gasteiger charge is 2.16. The molecule has 3 N–H and O–H groups in total. The van der Waals surface area contributed by atoms with E-state index in [1.165, 1.54) is 10.6 Å². The second-order valence-electron chi connectivity index (χ2n) is 5.26. The van der Waals surface area contributed by atoms with Crippen molar-refractivity contribution in [2.45, 2.75) is 0 Å². The lowest BCUT2D eigenvalue weighted by atomic mass is 10.1. The van der Waals surface area contributed by atoms with Gasteiger partial charge in [0, 0.05) is 22.8 Å². The van der Waals surface area contributed by atoms with E-state index < -0.39 is 0 Å². The predicted octanol–water partition coefficient (Wildman–Crippen LogP) is 2.99. The van der Waals surface area contributed by atoms with Gasteiger partial charge in [0.05, 0.1) is 17.0 Å². The summed E-state index contributed by atoms with van der Waals surface area (Å²) >= 11 is 5.92. The zero-order valence-corrected chi connectivity index (χ0v) is 13.2. The number of pyridine rings is 1. The molecule has 0 aliphatic rings. The molecule has 0 aliphatic carbocycles. The second-order valence-corrected chi connectivity index (χ2v) is 5.70. The van der Waals surface area contributed by atoms with E-state index in [9.17, 15) is 4.79 Å². The molecule has 3 aromatic heterocycles. The van der Waals surface area contributed by atoms with Gasteiger partial charge in [-0.05, 0) is 24.3 Å². The fraction of sp³-hybridized carbons (Fsp3) is 0. The lowest BCUT2D eigenvalue weighted by molar-refractivity contribution is 0.906. The normalized spacial score (nSPS) is 11.0. The lowest BCUT2D eigenvalue weighted by Gasteiger charge is -2.03. The van der Waals surface area contributed by atoms with Crippen molar-refractivity contribution >= 4 is 23.1 Å². The van der Waals surface area contributed by atoms with Crippen molar-refractivity contribution in [3.05, 3.63) is 70.1 Å². The highest BCUT2D eigenvalue weighted by Crippen LogP contribution is 2.28. The summed E-state index contributed by atoms with van der Waals surface area (Å²) < 4.78 is 1.32. The Balaban J connectivity index is 2.00. The smallest absolute Gasteiger partial charge is 0.273 e. The van der Waals surface area contributed by atoms with Gasteiger partial charge in [0.15, 0.2) is 5.65 Å². The summed E-state index contributed by atoms with van der Waals surface area (Å²) in [6.07, 6.45) is 1.67. The molecule has 0 atom stereocenters. The van der Waals surface area contributed by atoms with Crippen LogP contribution < -0.4 is 11.3 Å². The first-order valence-electron chi connectivity index (χ1n) is 7.22. The second kappa shape index (κ2) is 5.50. The van der Waals surface area contributed by atoms with Crippen LogP contribution in [0.25, 0.3) is 28.2 Å². The van der Waals surface area contributed by atoms with Crippen molar-refractivity contribution in [2.75, 3.05) is 5.73 Å². The molecular formula is C17H12ClN5O. The molecule has 6 nitrogen and oxygen atoms in total. The average Bonchev–Trinajstić information content (AvgIpc) is 2.93. The first kappa shape index (κ1) is 14.5. The maximum atomic E-state index is 12.4. The summed E-state index contributed by atoms with van der Waals surface area (Å²) in [5, 5.41) is 3.46. The van der Waals surface area contributed by atoms with Crippen LogP contribution in [0.4, 0.5) is 5.82 Å². The highest BCUT2D eigenvalue weighted by atomic mass is 35.5. The molecule has 0 fully saturated rings. The zero-order chi connectivity index (χ0) is 16.7. The number of anilines is 1. The van der Waals surface area contributed by atoms with Crippen LogP contribution in [0.15, 0.2) is 59.5 Å². The molecule has 118 valence electrons. The number of hydrogen-bond donors (Lipinski definition) is 2. The van der Waals surface area contributed by atoms with Gasteiger partial charge in [-0.25, -0.2) is 4.98 Å². The molecular weight excluding hydrogens is 326 g/mol. The van der Waals surface area contributed by atoms with E-state index in [4.69, 9.17) is 17.3 Å². The molecule has 4 aromatic rings. The van der Waals surface area contributed by atoms with Crippen molar-refractivity contribution in [1.82, 2.24) is 19.6 Å². The predicted molar refractivity (Wildman–Crippen MR) is 93.9 cm³/mol. The fourth-order valence-electron chi connectivity index (χ4n) is 2.59. The van der Waals surface area contributed by atoms with Crippen molar-refractivity contribution < 1.29 is 0 Å². The Hall–Kier alpha value is -3.12. The van der Waals surface area contributed by atoms with Crippen molar-refractivity contribution in [1.29, 1.82) is 0 Å². The van der Waals surface area contributed by atoms with E-state index >= 15 is 0 Å². The topological polar surface area (TPSA) is 89.1 Å². The van der Waals surface area contributed by atoms with Crippen LogP contribution >= 0.6 is 11.6 Å². The third kappa shape index (κ3) is 2.33. The molecule has 0 spiro atoms. The number of rotatable bonds is 2. The van der Waals surface area contributed by atoms with Crippen molar-refractivity contribution in [3.63, 3.8) is 0 Å². The Labute approximate surface area is 141 Å². The van der Waals surface area contributed by atoms with Crippen LogP contribution in [-0.4, -0.2) is 19.6 Å². The number of nitrogens with two attached hydrogens (primary N) is 1. The summed E-state index contributed by atoms with van der Waals surface area (Å²) in [5.74, 6) is 0.339. The van der Waals surface area contributed by atoms with Gasteiger partial charge in [-0.2, -0.15) is 4.52 Å². The number of nitrogens with one attached hydrogen (secondary N) is 1. The minimum Gasteiger partial charge on any atom is -0.383 e. The summed E-state index contributed by atoms with van der Waals surface area (Å²) in [5.41, 5.74) is 8.83. The number of nitrogen functional groups attached to an aromatic ring is 1. The van der Waals surface area contributed by atoms with E-state index in [1.807, 2.05) is 30.3 Å². The maximum Gasteiger partial charge on any atom is 0.273 e. The highest BCUT2D eigenvalue weighted by molar-refractivity contribution is 6.30. The summed E-state index contributed by atoms with van der Waals surface area (Å²) in [4.78, 5) is 21.3. The Morgan fingerprint density at radius 2 is 1.88 bits per heavy atom. The SMILES string of the molecule is Nc1[nH]n2c(=O)cc(-c3ccc(Cl)cc3)nc2c1-c1ccccn1. The molecule has 1 aromatic carbocycles. The van der Waals surface area contributed by atoms with Gasteiger partial charge >= 0.3 is 0 Å². The number of aromatic amines is 1. The minimum atomic E-state index is -0.251. The Kier molecular flexibility index (Phi) is 3.32. The number of hydrogen-bond acceptors (Lipinski definition) is 4. The van der Waals surface area contributed by atoms with E-state index in [1.54, 1.807) is 18.3 Å². The fourth-order valence-corrected chi connectivity index (χ4v) is 2.71. The largest absolute Gasteiger partial charge is 0.383 e. The monoisotopic (exact) mass is 337 g/mol. The Bertz CT molecular complexity index is 1080. The number of aromatic nitrogens is 4. The van der Waals surface area contributed by atoms with Gasteiger partial charge in [0.2, 0.25) is 0 Å². The molecule has 4 rings (SSSR count). The molecule has 0 saturated heterocycles. The standard InChI is InChI=1S/C17H12ClN5O/c18-11-6-4-10(5-7-11)13-9-14(24)23-17(21-13)15(16(19)22-23)12-3-1-2-8-20-12/h1-9,22H,19H2. The zero-order valence-electron chi connectivity index (χ0n) is 12.4. The molecule has 0 radical (unpaired) electrons. The van der Waals surface area contributed by atoms with Crippen molar-refractivity contribution in [2.24, 2.45) is 0 Å². The third-order valence-electron chi connectivity index (χ3n) is 3.70. The maximum absolute atomic E-state index is 12.4. The van der Waals surface area contributed by atoms with Crippen LogP contribution in [-0.2, 0) is 0 Å². The van der Waals surface area contributed by atoms with E-state index in [0.717, 1.165) is 5.56 Å². The molecule has 0 bridgehead atoms. The first-order chi connectivity index (χ1) is 11.6. The molecule has 24 heavy (non-hydrogen) atoms. The molecule has 0 saturated carbocycles. The number of H-pyrrole nitrogens is 1. The number of benzene rings is 1. The van der Waals surface area contributed by atoms with E-state index in [2.05, 4.69) is 15.1 Å². The van der Waals surface area contributed by atoms with Gasteiger partial charge < -0.3 is 5.73 Å². The Morgan fingerprint density at radius 1 is 1.08 bits per heavy atom. The molecule has 0 amide bonds. The Morgan fingerprint density at radius 3 is 2.58 bits per heavy atom. The average molecular weight is 338 g/mol. The third-order valence-corrected chi connectivity index (χ3v) is 3.96. The van der Waals surface area contributed by atoms with Crippen LogP contribution in [0, 0.1) is 0 Å². The van der Waals surface area contributed by atoms with Crippen LogP contribution in [0.1, 0.15) is 0 Å². The van der Waals surface area contributed by atoms with Gasteiger partial charge in [-0.3, -0.25) is 14.9 Å². The quantitative estimate of drug-likeness (QED) is 0.588. The van der Waals surface area contributed by atoms with Crippen LogP contribution in [0.3, 0.4) is 0 Å². The molecule has 0 unspecified atom stereocenters. The van der Waals surface area contributed by atoms with Crippen LogP contribution in [0.2, 0.25) is 5.02 Å². The van der Waals surface area contributed by atoms with E-state index in [0.29, 0.717) is 33.4 Å². The molecule has 3 heterocycles. The summed E-state index contributed by atoms with van der Waals surface area (Å²) in [7, 11) is 0. The lowest BCUT2D eigenvalue weighted by Crippen LogP contribution is -2.14. The number of fused-ring (bicyclic) bond motifs is 1. The summed E-state index contributed by atoms with van der Waals surface area (Å²) in [6, 6.07) is 14.1. The minimum absolute atomic E-state index is 0.251. The van der Waals surface area contributed by atoms with Gasteiger partial charge in [-0.1, -0.05) is 29.8 Å².